The molecule has 0 radical (unpaired) electrons. The molecule has 1 atom stereocenters. The summed E-state index contributed by atoms with van der Waals surface area (Å²) in [4.78, 5) is 18.4. The minimum absolute atomic E-state index is 0.0128. The number of hydrogen-bond acceptors (Lipinski definition) is 3. The second-order valence-corrected chi connectivity index (χ2v) is 4.02. The lowest BCUT2D eigenvalue weighted by atomic mass is 9.98. The second-order valence-electron chi connectivity index (χ2n) is 3.80. The van der Waals surface area contributed by atoms with Crippen LogP contribution in [0.1, 0.15) is 30.8 Å². The average molecular weight is 227 g/mol. The normalized spacial score (nSPS) is 12.8. The summed E-state index contributed by atoms with van der Waals surface area (Å²) in [5.74, 6) is 0.331. The van der Waals surface area contributed by atoms with Crippen molar-refractivity contribution in [2.45, 2.75) is 26.3 Å². The van der Waals surface area contributed by atoms with Gasteiger partial charge in [0.2, 0.25) is 0 Å². The van der Waals surface area contributed by atoms with Crippen molar-refractivity contribution in [2.75, 3.05) is 0 Å². The number of hydrogen-bond donors (Lipinski definition) is 1. The molecule has 1 N–H and O–H groups in total. The predicted molar refractivity (Wildman–Crippen MR) is 60.8 cm³/mol. The lowest BCUT2D eigenvalue weighted by Crippen LogP contribution is -2.30. The molecule has 0 aliphatic heterocycles. The molecule has 0 saturated heterocycles. The number of ketones is 1. The van der Waals surface area contributed by atoms with E-state index in [1.165, 1.54) is 0 Å². The van der Waals surface area contributed by atoms with E-state index >= 15 is 0 Å². The highest BCUT2D eigenvalue weighted by Crippen LogP contribution is 2.10. The fourth-order valence-electron chi connectivity index (χ4n) is 1.23. The zero-order valence-corrected chi connectivity index (χ0v) is 9.66. The summed E-state index contributed by atoms with van der Waals surface area (Å²) in [5.41, 5.74) is 0.495. The molecule has 0 spiro atoms. The topological polar surface area (TPSA) is 42.0 Å². The van der Waals surface area contributed by atoms with Gasteiger partial charge in [-0.2, -0.15) is 0 Å². The number of Topliss-reactive ketones (excluding diaryl/α,β-unsaturated/α-hetero) is 1. The number of carbonyl (C=O) groups excluding carboxylic acids is 1. The highest BCUT2D eigenvalue weighted by Gasteiger charge is 2.17. The van der Waals surface area contributed by atoms with Gasteiger partial charge in [-0.05, 0) is 29.8 Å². The summed E-state index contributed by atoms with van der Waals surface area (Å²) in [6.07, 6.45) is 1.99. The van der Waals surface area contributed by atoms with Crippen LogP contribution in [0.5, 0.6) is 0 Å². The third-order valence-corrected chi connectivity index (χ3v) is 2.58. The first kappa shape index (κ1) is 12.1. The Kier molecular flexibility index (Phi) is 4.72. The molecule has 0 fully saturated rings. The van der Waals surface area contributed by atoms with Gasteiger partial charge in [0.1, 0.15) is 5.69 Å². The molecule has 0 aromatic carbocycles. The first-order valence-electron chi connectivity index (χ1n) is 4.95. The molecule has 0 aliphatic carbocycles. The van der Waals surface area contributed by atoms with Crippen LogP contribution in [0.25, 0.3) is 0 Å². The summed E-state index contributed by atoms with van der Waals surface area (Å²) in [7, 11) is 0. The van der Waals surface area contributed by atoms with Crippen molar-refractivity contribution in [3.05, 3.63) is 30.1 Å². The van der Waals surface area contributed by atoms with Crippen LogP contribution >= 0.6 is 11.8 Å². The van der Waals surface area contributed by atoms with Gasteiger partial charge in [0, 0.05) is 18.7 Å². The Morgan fingerprint density at radius 2 is 2.27 bits per heavy atom. The summed E-state index contributed by atoms with van der Waals surface area (Å²) in [5, 5.41) is 0. The van der Waals surface area contributed by atoms with Crippen molar-refractivity contribution in [3.8, 4) is 0 Å². The van der Waals surface area contributed by atoms with E-state index < -0.39 is 0 Å². The monoisotopic (exact) mass is 226 g/mol. The van der Waals surface area contributed by atoms with Gasteiger partial charge in [-0.3, -0.25) is 9.78 Å². The van der Waals surface area contributed by atoms with Crippen LogP contribution in [0.3, 0.4) is 0 Å². The molecular weight excluding hydrogens is 212 g/mol. The first-order valence-corrected chi connectivity index (χ1v) is 5.33. The zero-order valence-electron chi connectivity index (χ0n) is 8.90. The van der Waals surface area contributed by atoms with Gasteiger partial charge in [0.25, 0.3) is 0 Å². The van der Waals surface area contributed by atoms with Crippen molar-refractivity contribution < 1.29 is 4.79 Å². The van der Waals surface area contributed by atoms with E-state index in [1.807, 2.05) is 13.8 Å². The number of aromatic nitrogens is 1. The van der Waals surface area contributed by atoms with Gasteiger partial charge in [0.15, 0.2) is 5.78 Å². The molecular formula is C11H15ClN2O. The average Bonchev–Trinajstić information content (AvgIpc) is 2.26. The van der Waals surface area contributed by atoms with Crippen molar-refractivity contribution >= 4 is 17.6 Å². The van der Waals surface area contributed by atoms with E-state index in [0.717, 1.165) is 0 Å². The van der Waals surface area contributed by atoms with Crippen LogP contribution in [-0.2, 0) is 0 Å². The molecule has 0 amide bonds. The molecule has 0 aliphatic rings. The highest BCUT2D eigenvalue weighted by atomic mass is 35.5. The van der Waals surface area contributed by atoms with Crippen molar-refractivity contribution in [1.29, 1.82) is 0 Å². The van der Waals surface area contributed by atoms with Crippen molar-refractivity contribution in [3.63, 3.8) is 0 Å². The second kappa shape index (κ2) is 5.83. The molecule has 1 heterocycles. The number of carbonyl (C=O) groups is 1. The summed E-state index contributed by atoms with van der Waals surface area (Å²) < 4.78 is 0. The summed E-state index contributed by atoms with van der Waals surface area (Å²) >= 11 is 5.57. The Hall–Kier alpha value is -0.930. The summed E-state index contributed by atoms with van der Waals surface area (Å²) in [6, 6.07) is 5.30. The predicted octanol–water partition coefficient (Wildman–Crippen LogP) is 2.42. The first-order chi connectivity index (χ1) is 7.15. The van der Waals surface area contributed by atoms with E-state index in [9.17, 15) is 4.79 Å². The van der Waals surface area contributed by atoms with Crippen LogP contribution in [0.2, 0.25) is 0 Å². The van der Waals surface area contributed by atoms with Gasteiger partial charge >= 0.3 is 0 Å². The van der Waals surface area contributed by atoms with Gasteiger partial charge in [-0.1, -0.05) is 19.9 Å². The number of rotatable bonds is 5. The minimum Gasteiger partial charge on any atom is -0.292 e. The molecule has 1 aromatic heterocycles. The molecule has 82 valence electrons. The van der Waals surface area contributed by atoms with E-state index in [2.05, 4.69) is 9.82 Å². The van der Waals surface area contributed by atoms with Gasteiger partial charge in [-0.15, -0.1) is 0 Å². The fourth-order valence-corrected chi connectivity index (χ4v) is 1.56. The quantitative estimate of drug-likeness (QED) is 0.619. The summed E-state index contributed by atoms with van der Waals surface area (Å²) in [6.45, 7) is 4.04. The molecule has 0 saturated carbocycles. The maximum absolute atomic E-state index is 11.8. The molecule has 4 heteroatoms. The van der Waals surface area contributed by atoms with E-state index in [1.54, 1.807) is 24.4 Å². The minimum atomic E-state index is -0.0128. The third-order valence-electron chi connectivity index (χ3n) is 2.30. The molecule has 15 heavy (non-hydrogen) atoms. The molecule has 3 nitrogen and oxygen atoms in total. The largest absolute Gasteiger partial charge is 0.292 e. The van der Waals surface area contributed by atoms with Crippen molar-refractivity contribution in [1.82, 2.24) is 9.82 Å². The van der Waals surface area contributed by atoms with Crippen LogP contribution in [0.4, 0.5) is 0 Å². The number of nitrogens with zero attached hydrogens (tertiary/aromatic N) is 1. The van der Waals surface area contributed by atoms with E-state index in [4.69, 9.17) is 11.8 Å². The SMILES string of the molecule is CC(C)[C@@H](CC(=O)c1ccccn1)NCl. The Bertz CT molecular complexity index is 314. The van der Waals surface area contributed by atoms with Gasteiger partial charge in [-0.25, -0.2) is 4.84 Å². The number of nitrogens with one attached hydrogen (secondary N) is 1. The van der Waals surface area contributed by atoms with Gasteiger partial charge in [0.05, 0.1) is 0 Å². The molecule has 0 bridgehead atoms. The highest BCUT2D eigenvalue weighted by molar-refractivity contribution is 6.13. The van der Waals surface area contributed by atoms with E-state index in [-0.39, 0.29) is 11.8 Å². The zero-order chi connectivity index (χ0) is 11.3. The lowest BCUT2D eigenvalue weighted by molar-refractivity contribution is 0.0960. The smallest absolute Gasteiger partial charge is 0.182 e. The number of pyridine rings is 1. The Morgan fingerprint density at radius 3 is 2.73 bits per heavy atom. The lowest BCUT2D eigenvalue weighted by Gasteiger charge is -2.17. The maximum atomic E-state index is 11.8. The number of halogens is 1. The Labute approximate surface area is 95.0 Å². The standard InChI is InChI=1S/C11H15ClN2O/c1-8(2)10(14-12)7-11(15)9-5-3-4-6-13-9/h3-6,8,10,14H,7H2,1-2H3/t10-/m1/s1. The molecule has 1 rings (SSSR count). The Balaban J connectivity index is 2.63. The van der Waals surface area contributed by atoms with Crippen LogP contribution in [0, 0.1) is 5.92 Å². The molecule has 0 unspecified atom stereocenters. The molecule has 1 aromatic rings. The third kappa shape index (κ3) is 3.61. The van der Waals surface area contributed by atoms with Crippen LogP contribution in [-0.4, -0.2) is 16.8 Å². The van der Waals surface area contributed by atoms with Gasteiger partial charge < -0.3 is 0 Å². The fraction of sp³-hybridized carbons (Fsp3) is 0.455. The van der Waals surface area contributed by atoms with Crippen LogP contribution < -0.4 is 4.84 Å². The van der Waals surface area contributed by atoms with Crippen molar-refractivity contribution in [2.24, 2.45) is 5.92 Å². The van der Waals surface area contributed by atoms with Crippen LogP contribution in [0.15, 0.2) is 24.4 Å². The van der Waals surface area contributed by atoms with E-state index in [0.29, 0.717) is 18.0 Å². The Morgan fingerprint density at radius 1 is 1.53 bits per heavy atom. The maximum Gasteiger partial charge on any atom is 0.182 e.